The smallest absolute Gasteiger partial charge is 0.279 e. The van der Waals surface area contributed by atoms with Gasteiger partial charge in [0.2, 0.25) is 0 Å². The summed E-state index contributed by atoms with van der Waals surface area (Å²) in [6.07, 6.45) is 4.10. The van der Waals surface area contributed by atoms with Gasteiger partial charge in [-0.3, -0.25) is 0 Å². The summed E-state index contributed by atoms with van der Waals surface area (Å²) < 4.78 is 34.2. The first-order valence-corrected chi connectivity index (χ1v) is 9.37. The van der Waals surface area contributed by atoms with Crippen molar-refractivity contribution in [1.82, 2.24) is 14.0 Å². The summed E-state index contributed by atoms with van der Waals surface area (Å²) in [6.45, 7) is 1.64. The lowest BCUT2D eigenvalue weighted by Gasteiger charge is -2.30. The largest absolute Gasteiger partial charge is 0.381 e. The summed E-state index contributed by atoms with van der Waals surface area (Å²) in [6, 6.07) is 8.05. The topological polar surface area (TPSA) is 74.4 Å². The van der Waals surface area contributed by atoms with Crippen LogP contribution in [-0.4, -0.2) is 50.6 Å². The van der Waals surface area contributed by atoms with Crippen molar-refractivity contribution in [1.29, 1.82) is 0 Å². The van der Waals surface area contributed by atoms with Crippen molar-refractivity contribution < 1.29 is 13.2 Å². The Bertz CT molecular complexity index is 751. The van der Waals surface area contributed by atoms with Gasteiger partial charge in [-0.05, 0) is 30.9 Å². The van der Waals surface area contributed by atoms with Crippen LogP contribution in [0.4, 0.5) is 0 Å². The van der Waals surface area contributed by atoms with Gasteiger partial charge in [-0.25, -0.2) is 4.72 Å². The van der Waals surface area contributed by atoms with Gasteiger partial charge in [0.1, 0.15) is 0 Å². The molecule has 7 heteroatoms. The van der Waals surface area contributed by atoms with Gasteiger partial charge in [0.05, 0.1) is 0 Å². The summed E-state index contributed by atoms with van der Waals surface area (Å²) in [5.74, 6) is 0. The minimum absolute atomic E-state index is 0.0225. The maximum absolute atomic E-state index is 12.4. The van der Waals surface area contributed by atoms with Crippen LogP contribution in [0.1, 0.15) is 18.4 Å². The van der Waals surface area contributed by atoms with E-state index < -0.39 is 10.2 Å². The molecule has 6 nitrogen and oxygen atoms in total. The Kier molecular flexibility index (Phi) is 5.01. The molecule has 2 N–H and O–H groups in total. The molecule has 23 heavy (non-hydrogen) atoms. The van der Waals surface area contributed by atoms with Gasteiger partial charge >= 0.3 is 0 Å². The molecule has 1 aromatic carbocycles. The molecule has 0 radical (unpaired) electrons. The number of ether oxygens (including phenoxy) is 1. The number of H-pyrrole nitrogens is 1. The Labute approximate surface area is 137 Å². The Morgan fingerprint density at radius 2 is 2.04 bits per heavy atom. The molecule has 0 spiro atoms. The number of hydrogen-bond acceptors (Lipinski definition) is 3. The molecule has 0 aliphatic carbocycles. The van der Waals surface area contributed by atoms with Crippen LogP contribution < -0.4 is 4.72 Å². The van der Waals surface area contributed by atoms with E-state index in [2.05, 4.69) is 9.71 Å². The van der Waals surface area contributed by atoms with Crippen molar-refractivity contribution in [3.05, 3.63) is 36.0 Å². The number of nitrogens with zero attached hydrogens (tertiary/aromatic N) is 1. The van der Waals surface area contributed by atoms with Gasteiger partial charge < -0.3 is 9.72 Å². The second kappa shape index (κ2) is 7.00. The fraction of sp³-hybridized carbons (Fsp3) is 0.500. The van der Waals surface area contributed by atoms with Crippen molar-refractivity contribution in [3.8, 4) is 0 Å². The number of hydrogen-bond donors (Lipinski definition) is 2. The molecule has 0 saturated carbocycles. The Hall–Kier alpha value is -1.41. The van der Waals surface area contributed by atoms with Crippen LogP contribution in [-0.2, 0) is 21.4 Å². The van der Waals surface area contributed by atoms with Crippen molar-refractivity contribution in [2.24, 2.45) is 0 Å². The summed E-state index contributed by atoms with van der Waals surface area (Å²) in [5.41, 5.74) is 2.20. The van der Waals surface area contributed by atoms with E-state index in [9.17, 15) is 8.42 Å². The van der Waals surface area contributed by atoms with E-state index in [0.29, 0.717) is 26.2 Å². The third kappa shape index (κ3) is 3.74. The maximum atomic E-state index is 12.4. The van der Waals surface area contributed by atoms with Crippen LogP contribution in [0.3, 0.4) is 0 Å². The molecular formula is C16H23N3O3S. The van der Waals surface area contributed by atoms with Crippen molar-refractivity contribution in [2.45, 2.75) is 25.3 Å². The summed E-state index contributed by atoms with van der Waals surface area (Å²) in [5, 5.41) is 1.14. The van der Waals surface area contributed by atoms with Crippen LogP contribution in [0.2, 0.25) is 0 Å². The van der Waals surface area contributed by atoms with Crippen LogP contribution in [0.5, 0.6) is 0 Å². The minimum atomic E-state index is -3.45. The quantitative estimate of drug-likeness (QED) is 0.842. The second-order valence-electron chi connectivity index (χ2n) is 5.87. The third-order valence-electron chi connectivity index (χ3n) is 4.44. The van der Waals surface area contributed by atoms with Gasteiger partial charge in [-0.2, -0.15) is 12.7 Å². The van der Waals surface area contributed by atoms with Crippen LogP contribution >= 0.6 is 0 Å². The SMILES string of the molecule is CN(C1CCOCC1)S(=O)(=O)NCCc1c[nH]c2ccccc12. The lowest BCUT2D eigenvalue weighted by Crippen LogP contribution is -2.46. The molecule has 0 amide bonds. The summed E-state index contributed by atoms with van der Waals surface area (Å²) in [7, 11) is -1.81. The molecule has 0 bridgehead atoms. The first kappa shape index (κ1) is 16.4. The summed E-state index contributed by atoms with van der Waals surface area (Å²) in [4.78, 5) is 3.21. The van der Waals surface area contributed by atoms with Crippen LogP contribution in [0, 0.1) is 0 Å². The monoisotopic (exact) mass is 337 g/mol. The molecular weight excluding hydrogens is 314 g/mol. The van der Waals surface area contributed by atoms with Gasteiger partial charge in [-0.15, -0.1) is 0 Å². The van der Waals surface area contributed by atoms with E-state index in [1.165, 1.54) is 4.31 Å². The van der Waals surface area contributed by atoms with E-state index in [-0.39, 0.29) is 6.04 Å². The molecule has 1 aromatic heterocycles. The fourth-order valence-corrected chi connectivity index (χ4v) is 4.17. The van der Waals surface area contributed by atoms with Crippen molar-refractivity contribution in [3.63, 3.8) is 0 Å². The zero-order chi connectivity index (χ0) is 16.3. The number of aromatic amines is 1. The number of nitrogens with one attached hydrogen (secondary N) is 2. The fourth-order valence-electron chi connectivity index (χ4n) is 3.00. The minimum Gasteiger partial charge on any atom is -0.381 e. The Morgan fingerprint density at radius 3 is 2.83 bits per heavy atom. The molecule has 2 aromatic rings. The van der Waals surface area contributed by atoms with Gasteiger partial charge in [0.25, 0.3) is 10.2 Å². The second-order valence-corrected chi connectivity index (χ2v) is 7.68. The molecule has 1 aliphatic rings. The number of benzene rings is 1. The number of aromatic nitrogens is 1. The molecule has 1 fully saturated rings. The average molecular weight is 337 g/mol. The normalized spacial score (nSPS) is 17.1. The predicted molar refractivity (Wildman–Crippen MR) is 90.5 cm³/mol. The maximum Gasteiger partial charge on any atom is 0.279 e. The first-order chi connectivity index (χ1) is 11.1. The average Bonchev–Trinajstić information content (AvgIpc) is 2.98. The Balaban J connectivity index is 1.58. The highest BCUT2D eigenvalue weighted by molar-refractivity contribution is 7.87. The Morgan fingerprint density at radius 1 is 1.30 bits per heavy atom. The van der Waals surface area contributed by atoms with Gasteiger partial charge in [0, 0.05) is 49.9 Å². The standard InChI is InChI=1S/C16H23N3O3S/c1-19(14-7-10-22-11-8-14)23(20,21)18-9-6-13-12-17-16-5-3-2-4-15(13)16/h2-5,12,14,17-18H,6-11H2,1H3. The number of para-hydroxylation sites is 1. The van der Waals surface area contributed by atoms with Crippen molar-refractivity contribution >= 4 is 21.1 Å². The molecule has 0 atom stereocenters. The van der Waals surface area contributed by atoms with Crippen LogP contribution in [0.15, 0.2) is 30.5 Å². The molecule has 126 valence electrons. The van der Waals surface area contributed by atoms with E-state index >= 15 is 0 Å². The van der Waals surface area contributed by atoms with Crippen LogP contribution in [0.25, 0.3) is 10.9 Å². The summed E-state index contributed by atoms with van der Waals surface area (Å²) >= 11 is 0. The lowest BCUT2D eigenvalue weighted by atomic mass is 10.1. The van der Waals surface area contributed by atoms with E-state index in [4.69, 9.17) is 4.74 Å². The zero-order valence-electron chi connectivity index (χ0n) is 13.3. The predicted octanol–water partition coefficient (Wildman–Crippen LogP) is 1.66. The van der Waals surface area contributed by atoms with Crippen molar-refractivity contribution in [2.75, 3.05) is 26.8 Å². The van der Waals surface area contributed by atoms with E-state index in [0.717, 1.165) is 29.3 Å². The first-order valence-electron chi connectivity index (χ1n) is 7.93. The molecule has 0 unspecified atom stereocenters. The molecule has 2 heterocycles. The highest BCUT2D eigenvalue weighted by Crippen LogP contribution is 2.18. The lowest BCUT2D eigenvalue weighted by molar-refractivity contribution is 0.0629. The molecule has 1 saturated heterocycles. The van der Waals surface area contributed by atoms with Gasteiger partial charge in [-0.1, -0.05) is 18.2 Å². The number of rotatable bonds is 6. The third-order valence-corrected chi connectivity index (χ3v) is 6.06. The number of fused-ring (bicyclic) bond motifs is 1. The van der Waals surface area contributed by atoms with Gasteiger partial charge in [0.15, 0.2) is 0 Å². The van der Waals surface area contributed by atoms with E-state index in [1.54, 1.807) is 7.05 Å². The highest BCUT2D eigenvalue weighted by Gasteiger charge is 2.27. The highest BCUT2D eigenvalue weighted by atomic mass is 32.2. The molecule has 1 aliphatic heterocycles. The molecule has 3 rings (SSSR count). The zero-order valence-corrected chi connectivity index (χ0v) is 14.1. The van der Waals surface area contributed by atoms with E-state index in [1.807, 2.05) is 30.5 Å².